The van der Waals surface area contributed by atoms with Crippen molar-refractivity contribution in [3.8, 4) is 11.5 Å². The lowest BCUT2D eigenvalue weighted by Crippen LogP contribution is -2.02. The molecule has 2 N–H and O–H groups in total. The van der Waals surface area contributed by atoms with Crippen molar-refractivity contribution in [1.29, 1.82) is 0 Å². The van der Waals surface area contributed by atoms with E-state index in [0.29, 0.717) is 21.9 Å². The Balaban J connectivity index is 2.27. The van der Waals surface area contributed by atoms with E-state index in [1.165, 1.54) is 6.07 Å². The molecule has 3 aromatic rings. The standard InChI is InChI=1S/C17H12O3/c18-15-10-14(16(19)11-6-2-1-3-7-11)12-8-4-5-9-13(12)17(15)20/h1-10,18,20H. The van der Waals surface area contributed by atoms with Crippen LogP contribution in [0.4, 0.5) is 0 Å². The van der Waals surface area contributed by atoms with Crippen LogP contribution in [-0.4, -0.2) is 16.0 Å². The van der Waals surface area contributed by atoms with Gasteiger partial charge < -0.3 is 10.2 Å². The Morgan fingerprint density at radius 1 is 0.800 bits per heavy atom. The highest BCUT2D eigenvalue weighted by atomic mass is 16.3. The predicted molar refractivity (Wildman–Crippen MR) is 77.2 cm³/mol. The third kappa shape index (κ3) is 1.89. The smallest absolute Gasteiger partial charge is 0.193 e. The lowest BCUT2D eigenvalue weighted by atomic mass is 9.96. The van der Waals surface area contributed by atoms with Crippen LogP contribution < -0.4 is 0 Å². The molecule has 0 aromatic heterocycles. The van der Waals surface area contributed by atoms with E-state index in [0.717, 1.165) is 0 Å². The summed E-state index contributed by atoms with van der Waals surface area (Å²) in [6.45, 7) is 0. The SMILES string of the molecule is O=C(c1ccccc1)c1cc(O)c(O)c2ccccc12. The number of carbonyl (C=O) groups excluding carboxylic acids is 1. The average Bonchev–Trinajstić information content (AvgIpc) is 2.51. The third-order valence-corrected chi connectivity index (χ3v) is 3.28. The first-order valence-corrected chi connectivity index (χ1v) is 6.22. The molecular weight excluding hydrogens is 252 g/mol. The van der Waals surface area contributed by atoms with Crippen molar-refractivity contribution >= 4 is 16.6 Å². The largest absolute Gasteiger partial charge is 0.504 e. The first-order chi connectivity index (χ1) is 9.68. The van der Waals surface area contributed by atoms with Crippen LogP contribution in [0.2, 0.25) is 0 Å². The van der Waals surface area contributed by atoms with Gasteiger partial charge >= 0.3 is 0 Å². The molecule has 3 nitrogen and oxygen atoms in total. The van der Waals surface area contributed by atoms with Gasteiger partial charge in [-0.05, 0) is 11.5 Å². The second-order valence-electron chi connectivity index (χ2n) is 4.53. The van der Waals surface area contributed by atoms with Gasteiger partial charge in [0, 0.05) is 16.5 Å². The molecule has 0 aliphatic heterocycles. The average molecular weight is 264 g/mol. The van der Waals surface area contributed by atoms with Crippen molar-refractivity contribution in [2.45, 2.75) is 0 Å². The predicted octanol–water partition coefficient (Wildman–Crippen LogP) is 3.48. The van der Waals surface area contributed by atoms with Gasteiger partial charge in [-0.1, -0.05) is 54.6 Å². The van der Waals surface area contributed by atoms with Crippen LogP contribution in [0.5, 0.6) is 11.5 Å². The Labute approximate surface area is 115 Å². The number of hydrogen-bond acceptors (Lipinski definition) is 3. The first kappa shape index (κ1) is 12.2. The van der Waals surface area contributed by atoms with Gasteiger partial charge in [-0.2, -0.15) is 0 Å². The highest BCUT2D eigenvalue weighted by Crippen LogP contribution is 2.36. The Kier molecular flexibility index (Phi) is 2.88. The summed E-state index contributed by atoms with van der Waals surface area (Å²) in [4.78, 5) is 12.5. The van der Waals surface area contributed by atoms with Gasteiger partial charge in [-0.25, -0.2) is 0 Å². The number of phenols is 2. The van der Waals surface area contributed by atoms with Gasteiger partial charge in [0.1, 0.15) is 0 Å². The van der Waals surface area contributed by atoms with Gasteiger partial charge in [0.15, 0.2) is 17.3 Å². The second kappa shape index (κ2) is 4.70. The van der Waals surface area contributed by atoms with Crippen molar-refractivity contribution < 1.29 is 15.0 Å². The lowest BCUT2D eigenvalue weighted by molar-refractivity contribution is 0.104. The molecule has 0 unspecified atom stereocenters. The molecule has 0 radical (unpaired) electrons. The van der Waals surface area contributed by atoms with Gasteiger partial charge in [0.2, 0.25) is 0 Å². The van der Waals surface area contributed by atoms with Gasteiger partial charge in [-0.3, -0.25) is 4.79 Å². The van der Waals surface area contributed by atoms with E-state index in [-0.39, 0.29) is 17.3 Å². The van der Waals surface area contributed by atoms with Gasteiger partial charge in [-0.15, -0.1) is 0 Å². The molecule has 3 heteroatoms. The molecule has 0 bridgehead atoms. The van der Waals surface area contributed by atoms with Crippen molar-refractivity contribution in [3.05, 3.63) is 71.8 Å². The zero-order chi connectivity index (χ0) is 14.1. The number of carbonyl (C=O) groups is 1. The number of rotatable bonds is 2. The monoisotopic (exact) mass is 264 g/mol. The number of phenolic OH excluding ortho intramolecular Hbond substituents is 2. The molecule has 0 fully saturated rings. The highest BCUT2D eigenvalue weighted by molar-refractivity contribution is 6.17. The Morgan fingerprint density at radius 3 is 2.10 bits per heavy atom. The molecule has 0 saturated carbocycles. The molecular formula is C17H12O3. The molecule has 0 aliphatic rings. The molecule has 20 heavy (non-hydrogen) atoms. The Hall–Kier alpha value is -2.81. The molecule has 0 heterocycles. The minimum absolute atomic E-state index is 0.183. The fourth-order valence-electron chi connectivity index (χ4n) is 2.28. The molecule has 0 spiro atoms. The number of hydrogen-bond donors (Lipinski definition) is 2. The van der Waals surface area contributed by atoms with E-state index >= 15 is 0 Å². The Morgan fingerprint density at radius 2 is 1.40 bits per heavy atom. The van der Waals surface area contributed by atoms with Crippen LogP contribution in [0, 0.1) is 0 Å². The third-order valence-electron chi connectivity index (χ3n) is 3.28. The second-order valence-corrected chi connectivity index (χ2v) is 4.53. The van der Waals surface area contributed by atoms with Crippen LogP contribution in [0.1, 0.15) is 15.9 Å². The molecule has 0 saturated heterocycles. The van der Waals surface area contributed by atoms with Gasteiger partial charge in [0.25, 0.3) is 0 Å². The normalized spacial score (nSPS) is 10.6. The maximum absolute atomic E-state index is 12.5. The van der Waals surface area contributed by atoms with Gasteiger partial charge in [0.05, 0.1) is 0 Å². The maximum Gasteiger partial charge on any atom is 0.193 e. The minimum Gasteiger partial charge on any atom is -0.504 e. The van der Waals surface area contributed by atoms with E-state index in [1.54, 1.807) is 48.5 Å². The summed E-state index contributed by atoms with van der Waals surface area (Å²) in [5.41, 5.74) is 0.921. The molecule has 0 atom stereocenters. The van der Waals surface area contributed by atoms with E-state index < -0.39 is 0 Å². The van der Waals surface area contributed by atoms with Crippen LogP contribution in [0.3, 0.4) is 0 Å². The van der Waals surface area contributed by atoms with E-state index in [1.807, 2.05) is 6.07 Å². The van der Waals surface area contributed by atoms with Crippen LogP contribution >= 0.6 is 0 Å². The molecule has 3 rings (SSSR count). The topological polar surface area (TPSA) is 57.5 Å². The number of benzene rings is 3. The summed E-state index contributed by atoms with van der Waals surface area (Å²) in [5, 5.41) is 20.8. The van der Waals surface area contributed by atoms with E-state index in [9.17, 15) is 15.0 Å². The summed E-state index contributed by atoms with van der Waals surface area (Å²) >= 11 is 0. The number of aromatic hydroxyl groups is 2. The summed E-state index contributed by atoms with van der Waals surface area (Å²) in [6, 6.07) is 17.1. The highest BCUT2D eigenvalue weighted by Gasteiger charge is 2.16. The molecule has 98 valence electrons. The quantitative estimate of drug-likeness (QED) is 0.550. The van der Waals surface area contributed by atoms with Crippen LogP contribution in [0.15, 0.2) is 60.7 Å². The lowest BCUT2D eigenvalue weighted by Gasteiger charge is -2.09. The fraction of sp³-hybridized carbons (Fsp3) is 0. The number of ketones is 1. The van der Waals surface area contributed by atoms with Crippen molar-refractivity contribution in [2.75, 3.05) is 0 Å². The summed E-state index contributed by atoms with van der Waals surface area (Å²) < 4.78 is 0. The maximum atomic E-state index is 12.5. The van der Waals surface area contributed by atoms with Crippen molar-refractivity contribution in [2.24, 2.45) is 0 Å². The zero-order valence-electron chi connectivity index (χ0n) is 10.6. The Bertz CT molecular complexity index is 792. The van der Waals surface area contributed by atoms with E-state index in [4.69, 9.17) is 0 Å². The van der Waals surface area contributed by atoms with E-state index in [2.05, 4.69) is 0 Å². The van der Waals surface area contributed by atoms with Crippen LogP contribution in [0.25, 0.3) is 10.8 Å². The van der Waals surface area contributed by atoms with Crippen molar-refractivity contribution in [3.63, 3.8) is 0 Å². The molecule has 3 aromatic carbocycles. The number of fused-ring (bicyclic) bond motifs is 1. The minimum atomic E-state index is -0.289. The zero-order valence-corrected chi connectivity index (χ0v) is 10.6. The fourth-order valence-corrected chi connectivity index (χ4v) is 2.28. The molecule has 0 aliphatic carbocycles. The summed E-state index contributed by atoms with van der Waals surface area (Å²) in [5.74, 6) is -0.676. The first-order valence-electron chi connectivity index (χ1n) is 6.22. The van der Waals surface area contributed by atoms with Crippen LogP contribution in [-0.2, 0) is 0 Å². The molecule has 0 amide bonds. The van der Waals surface area contributed by atoms with Crippen molar-refractivity contribution in [1.82, 2.24) is 0 Å². The summed E-state index contributed by atoms with van der Waals surface area (Å²) in [6.07, 6.45) is 0. The summed E-state index contributed by atoms with van der Waals surface area (Å²) in [7, 11) is 0.